The monoisotopic (exact) mass is 252 g/mol. The van der Waals surface area contributed by atoms with Gasteiger partial charge in [-0.3, -0.25) is 9.59 Å². The van der Waals surface area contributed by atoms with E-state index in [-0.39, 0.29) is 12.0 Å². The van der Waals surface area contributed by atoms with Gasteiger partial charge in [-0.2, -0.15) is 0 Å². The number of carbonyl (C=O) groups excluding carboxylic acids is 1. The molecule has 0 aliphatic heterocycles. The van der Waals surface area contributed by atoms with E-state index < -0.39 is 5.97 Å². The molecule has 0 saturated heterocycles. The number of nitrogens with zero attached hydrogens (tertiary/aromatic N) is 1. The quantitative estimate of drug-likeness (QED) is 0.779. The number of nitrogens with one attached hydrogen (secondary N) is 1. The summed E-state index contributed by atoms with van der Waals surface area (Å²) in [6.07, 6.45) is 2.77. The second-order valence-corrected chi connectivity index (χ2v) is 4.16. The fourth-order valence-electron chi connectivity index (χ4n) is 1.70. The fraction of sp³-hybridized carbons (Fsp3) is 0.615. The first-order valence-corrected chi connectivity index (χ1v) is 6.32. The molecule has 0 unspecified atom stereocenters. The van der Waals surface area contributed by atoms with Crippen molar-refractivity contribution < 1.29 is 9.53 Å². The molecule has 0 bridgehead atoms. The molecule has 1 aromatic heterocycles. The lowest BCUT2D eigenvalue weighted by Crippen LogP contribution is -2.22. The molecule has 0 atom stereocenters. The zero-order valence-corrected chi connectivity index (χ0v) is 11.2. The molecule has 0 saturated carbocycles. The number of H-pyrrole nitrogens is 1. The molecule has 0 spiro atoms. The summed E-state index contributed by atoms with van der Waals surface area (Å²) in [6, 6.07) is 0. The summed E-state index contributed by atoms with van der Waals surface area (Å²) >= 11 is 0. The lowest BCUT2D eigenvalue weighted by Gasteiger charge is -2.06. The van der Waals surface area contributed by atoms with Gasteiger partial charge in [-0.25, -0.2) is 4.98 Å². The van der Waals surface area contributed by atoms with Crippen molar-refractivity contribution in [2.45, 2.75) is 46.5 Å². The highest BCUT2D eigenvalue weighted by Crippen LogP contribution is 2.04. The molecule has 5 heteroatoms. The maximum Gasteiger partial charge on any atom is 0.310 e. The first-order chi connectivity index (χ1) is 8.58. The van der Waals surface area contributed by atoms with E-state index >= 15 is 0 Å². The molecule has 1 rings (SSSR count). The maximum absolute atomic E-state index is 11.9. The Morgan fingerprint density at radius 3 is 2.67 bits per heavy atom. The van der Waals surface area contributed by atoms with Crippen LogP contribution in [0, 0.1) is 6.92 Å². The minimum absolute atomic E-state index is 0.0178. The van der Waals surface area contributed by atoms with Gasteiger partial charge in [0.2, 0.25) is 0 Å². The molecule has 0 aliphatic carbocycles. The van der Waals surface area contributed by atoms with Gasteiger partial charge in [0.1, 0.15) is 5.82 Å². The predicted molar refractivity (Wildman–Crippen MR) is 68.5 cm³/mol. The van der Waals surface area contributed by atoms with Gasteiger partial charge in [0.25, 0.3) is 5.56 Å². The van der Waals surface area contributed by atoms with Gasteiger partial charge in [0.15, 0.2) is 0 Å². The van der Waals surface area contributed by atoms with Crippen LogP contribution < -0.4 is 5.56 Å². The number of hydrogen-bond acceptors (Lipinski definition) is 4. The Morgan fingerprint density at radius 2 is 2.11 bits per heavy atom. The number of esters is 1. The summed E-state index contributed by atoms with van der Waals surface area (Å²) in [6.45, 7) is 5.89. The number of unbranched alkanes of at least 4 members (excludes halogenated alkanes) is 1. The predicted octanol–water partition coefficient (Wildman–Crippen LogP) is 1.53. The number of rotatable bonds is 6. The molecule has 100 valence electrons. The van der Waals surface area contributed by atoms with Crippen LogP contribution in [0.2, 0.25) is 0 Å². The van der Waals surface area contributed by atoms with Crippen LogP contribution in [0.25, 0.3) is 0 Å². The van der Waals surface area contributed by atoms with Gasteiger partial charge in [0, 0.05) is 17.7 Å². The minimum Gasteiger partial charge on any atom is -0.466 e. The molecule has 18 heavy (non-hydrogen) atoms. The molecule has 5 nitrogen and oxygen atoms in total. The highest BCUT2D eigenvalue weighted by atomic mass is 16.5. The van der Waals surface area contributed by atoms with Crippen LogP contribution in [0.15, 0.2) is 4.79 Å². The van der Waals surface area contributed by atoms with Crippen LogP contribution in [0.4, 0.5) is 0 Å². The Bertz CT molecular complexity index is 466. The standard InChI is InChI=1S/C13H20N2O3/c1-4-6-7-11-14-9(3)10(13(17)15-11)8-12(16)18-5-2/h4-8H2,1-3H3,(H,14,15,17). The summed E-state index contributed by atoms with van der Waals surface area (Å²) in [5.41, 5.74) is 0.772. The van der Waals surface area contributed by atoms with E-state index in [2.05, 4.69) is 16.9 Å². The first-order valence-electron chi connectivity index (χ1n) is 6.32. The van der Waals surface area contributed by atoms with E-state index in [0.29, 0.717) is 23.7 Å². The highest BCUT2D eigenvalue weighted by molar-refractivity contribution is 5.72. The number of hydrogen-bond donors (Lipinski definition) is 1. The van der Waals surface area contributed by atoms with Crippen molar-refractivity contribution in [2.75, 3.05) is 6.61 Å². The summed E-state index contributed by atoms with van der Waals surface area (Å²) in [4.78, 5) is 30.3. The van der Waals surface area contributed by atoms with Crippen LogP contribution in [-0.2, 0) is 22.4 Å². The molecule has 0 radical (unpaired) electrons. The molecule has 0 amide bonds. The van der Waals surface area contributed by atoms with Gasteiger partial charge >= 0.3 is 5.97 Å². The number of aromatic nitrogens is 2. The summed E-state index contributed by atoms with van der Waals surface area (Å²) in [5.74, 6) is 0.293. The maximum atomic E-state index is 11.9. The average molecular weight is 252 g/mol. The molecule has 1 N–H and O–H groups in total. The van der Waals surface area contributed by atoms with Gasteiger partial charge in [-0.05, 0) is 20.3 Å². The Balaban J connectivity index is 2.87. The number of aryl methyl sites for hydroxylation is 2. The third-order valence-electron chi connectivity index (χ3n) is 2.66. The van der Waals surface area contributed by atoms with E-state index in [1.165, 1.54) is 0 Å². The second kappa shape index (κ2) is 6.93. The Hall–Kier alpha value is -1.65. The van der Waals surface area contributed by atoms with Gasteiger partial charge in [0.05, 0.1) is 13.0 Å². The van der Waals surface area contributed by atoms with Crippen molar-refractivity contribution >= 4 is 5.97 Å². The fourth-order valence-corrected chi connectivity index (χ4v) is 1.70. The summed E-state index contributed by atoms with van der Waals surface area (Å²) in [5, 5.41) is 0. The normalized spacial score (nSPS) is 10.4. The summed E-state index contributed by atoms with van der Waals surface area (Å²) in [7, 11) is 0. The largest absolute Gasteiger partial charge is 0.466 e. The van der Waals surface area contributed by atoms with Crippen LogP contribution in [0.3, 0.4) is 0 Å². The Morgan fingerprint density at radius 1 is 1.39 bits per heavy atom. The number of ether oxygens (including phenoxy) is 1. The third-order valence-corrected chi connectivity index (χ3v) is 2.66. The van der Waals surface area contributed by atoms with Crippen molar-refractivity contribution in [3.63, 3.8) is 0 Å². The zero-order valence-electron chi connectivity index (χ0n) is 11.2. The first kappa shape index (κ1) is 14.4. The number of carbonyl (C=O) groups is 1. The molecular weight excluding hydrogens is 232 g/mol. The lowest BCUT2D eigenvalue weighted by atomic mass is 10.1. The minimum atomic E-state index is -0.394. The molecular formula is C13H20N2O3. The Labute approximate surface area is 107 Å². The summed E-state index contributed by atoms with van der Waals surface area (Å²) < 4.78 is 4.83. The van der Waals surface area contributed by atoms with Crippen molar-refractivity contribution in [1.82, 2.24) is 9.97 Å². The molecule has 0 aliphatic rings. The zero-order chi connectivity index (χ0) is 13.5. The lowest BCUT2D eigenvalue weighted by molar-refractivity contribution is -0.142. The molecule has 0 fully saturated rings. The SMILES string of the molecule is CCCCc1nc(C)c(CC(=O)OCC)c(=O)[nH]1. The van der Waals surface area contributed by atoms with Crippen LogP contribution in [0.1, 0.15) is 43.8 Å². The van der Waals surface area contributed by atoms with Gasteiger partial charge < -0.3 is 9.72 Å². The third kappa shape index (κ3) is 3.98. The second-order valence-electron chi connectivity index (χ2n) is 4.16. The van der Waals surface area contributed by atoms with E-state index in [1.54, 1.807) is 13.8 Å². The molecule has 0 aromatic carbocycles. The van der Waals surface area contributed by atoms with Crippen molar-refractivity contribution in [2.24, 2.45) is 0 Å². The molecule has 1 aromatic rings. The average Bonchev–Trinajstić information content (AvgIpc) is 2.31. The van der Waals surface area contributed by atoms with E-state index in [1.807, 2.05) is 0 Å². The van der Waals surface area contributed by atoms with Crippen LogP contribution in [-0.4, -0.2) is 22.5 Å². The van der Waals surface area contributed by atoms with Crippen LogP contribution in [0.5, 0.6) is 0 Å². The van der Waals surface area contributed by atoms with Gasteiger partial charge in [-0.15, -0.1) is 0 Å². The topological polar surface area (TPSA) is 72.0 Å². The van der Waals surface area contributed by atoms with E-state index in [0.717, 1.165) is 19.3 Å². The van der Waals surface area contributed by atoms with Crippen LogP contribution >= 0.6 is 0 Å². The van der Waals surface area contributed by atoms with E-state index in [9.17, 15) is 9.59 Å². The van der Waals surface area contributed by atoms with Crippen molar-refractivity contribution in [3.8, 4) is 0 Å². The Kier molecular flexibility index (Phi) is 5.55. The highest BCUT2D eigenvalue weighted by Gasteiger charge is 2.13. The number of aromatic amines is 1. The van der Waals surface area contributed by atoms with Gasteiger partial charge in [-0.1, -0.05) is 13.3 Å². The molecule has 1 heterocycles. The smallest absolute Gasteiger partial charge is 0.310 e. The van der Waals surface area contributed by atoms with Crippen molar-refractivity contribution in [3.05, 3.63) is 27.4 Å². The van der Waals surface area contributed by atoms with E-state index in [4.69, 9.17) is 4.74 Å². The van der Waals surface area contributed by atoms with Crippen molar-refractivity contribution in [1.29, 1.82) is 0 Å².